The maximum atomic E-state index is 13.7. The van der Waals surface area contributed by atoms with Crippen LogP contribution in [0.5, 0.6) is 11.5 Å². The molecule has 0 N–H and O–H groups in total. The summed E-state index contributed by atoms with van der Waals surface area (Å²) >= 11 is 1.66. The first-order valence-corrected chi connectivity index (χ1v) is 12.8. The summed E-state index contributed by atoms with van der Waals surface area (Å²) in [5.41, 5.74) is 2.17. The molecular formula is C26H34N2O4S. The van der Waals surface area contributed by atoms with E-state index in [1.165, 1.54) is 16.9 Å². The van der Waals surface area contributed by atoms with Crippen LogP contribution in [0.25, 0.3) is 0 Å². The molecule has 0 atom stereocenters. The standard InChI is InChI=1S/C26H34N2O4S/c1-18(2)26(30)28(21-7-5-4-6-8-21)16-25(29)27(15-24-19(3)11-12-33-24)14-20-9-10-22-23(13-20)32-17-31-22/h9-13,18,21H,4-8,14-17H2,1-3H3. The van der Waals surface area contributed by atoms with Gasteiger partial charge < -0.3 is 19.3 Å². The van der Waals surface area contributed by atoms with E-state index in [1.807, 2.05) is 41.8 Å². The van der Waals surface area contributed by atoms with E-state index in [2.05, 4.69) is 18.4 Å². The average Bonchev–Trinajstić information content (AvgIpc) is 3.45. The minimum Gasteiger partial charge on any atom is -0.454 e. The molecule has 0 unspecified atom stereocenters. The first-order chi connectivity index (χ1) is 15.9. The number of thiophene rings is 1. The third-order valence-corrected chi connectivity index (χ3v) is 7.57. The molecule has 1 aromatic carbocycles. The molecule has 2 heterocycles. The molecule has 33 heavy (non-hydrogen) atoms. The summed E-state index contributed by atoms with van der Waals surface area (Å²) in [5, 5.41) is 2.06. The van der Waals surface area contributed by atoms with Crippen molar-refractivity contribution >= 4 is 23.2 Å². The SMILES string of the molecule is Cc1ccsc1CN(Cc1ccc2c(c1)OCO2)C(=O)CN(C(=O)C(C)C)C1CCCCC1. The average molecular weight is 471 g/mol. The van der Waals surface area contributed by atoms with Gasteiger partial charge in [-0.15, -0.1) is 11.3 Å². The fourth-order valence-corrected chi connectivity index (χ4v) is 5.51. The van der Waals surface area contributed by atoms with Crippen LogP contribution in [0.2, 0.25) is 0 Å². The molecule has 178 valence electrons. The Morgan fingerprint density at radius 2 is 1.82 bits per heavy atom. The number of aryl methyl sites for hydroxylation is 1. The van der Waals surface area contributed by atoms with E-state index in [0.29, 0.717) is 18.8 Å². The molecule has 2 aliphatic rings. The number of carbonyl (C=O) groups excluding carboxylic acids is 2. The number of amides is 2. The van der Waals surface area contributed by atoms with Crippen molar-refractivity contribution in [1.29, 1.82) is 0 Å². The van der Waals surface area contributed by atoms with Crippen LogP contribution in [-0.4, -0.2) is 41.0 Å². The van der Waals surface area contributed by atoms with Crippen molar-refractivity contribution in [1.82, 2.24) is 9.80 Å². The number of hydrogen-bond acceptors (Lipinski definition) is 5. The normalized spacial score (nSPS) is 15.6. The smallest absolute Gasteiger partial charge is 0.242 e. The largest absolute Gasteiger partial charge is 0.454 e. The molecule has 0 spiro atoms. The number of hydrogen-bond donors (Lipinski definition) is 0. The number of nitrogens with zero attached hydrogens (tertiary/aromatic N) is 2. The lowest BCUT2D eigenvalue weighted by Gasteiger charge is -2.36. The van der Waals surface area contributed by atoms with Gasteiger partial charge >= 0.3 is 0 Å². The summed E-state index contributed by atoms with van der Waals surface area (Å²) in [6.07, 6.45) is 5.42. The van der Waals surface area contributed by atoms with E-state index >= 15 is 0 Å². The second kappa shape index (κ2) is 10.6. The van der Waals surface area contributed by atoms with Gasteiger partial charge in [-0.2, -0.15) is 0 Å². The van der Waals surface area contributed by atoms with Crippen LogP contribution in [0.3, 0.4) is 0 Å². The van der Waals surface area contributed by atoms with Crippen LogP contribution in [0.4, 0.5) is 0 Å². The Bertz CT molecular complexity index is 980. The number of carbonyl (C=O) groups is 2. The van der Waals surface area contributed by atoms with Crippen molar-refractivity contribution in [2.75, 3.05) is 13.3 Å². The van der Waals surface area contributed by atoms with Crippen molar-refractivity contribution in [2.45, 2.75) is 72.0 Å². The van der Waals surface area contributed by atoms with Crippen LogP contribution in [-0.2, 0) is 22.7 Å². The van der Waals surface area contributed by atoms with Crippen LogP contribution < -0.4 is 9.47 Å². The highest BCUT2D eigenvalue weighted by atomic mass is 32.1. The minimum absolute atomic E-state index is 0.0139. The van der Waals surface area contributed by atoms with Crippen molar-refractivity contribution in [2.24, 2.45) is 5.92 Å². The lowest BCUT2D eigenvalue weighted by molar-refractivity contribution is -0.145. The fraction of sp³-hybridized carbons (Fsp3) is 0.538. The predicted molar refractivity (Wildman–Crippen MR) is 129 cm³/mol. The molecule has 0 bridgehead atoms. The maximum absolute atomic E-state index is 13.7. The number of fused-ring (bicyclic) bond motifs is 1. The lowest BCUT2D eigenvalue weighted by atomic mass is 9.93. The first-order valence-electron chi connectivity index (χ1n) is 11.9. The highest BCUT2D eigenvalue weighted by Crippen LogP contribution is 2.33. The summed E-state index contributed by atoms with van der Waals surface area (Å²) in [6, 6.07) is 8.07. The third kappa shape index (κ3) is 5.69. The van der Waals surface area contributed by atoms with Crippen molar-refractivity contribution in [3.8, 4) is 11.5 Å². The second-order valence-corrected chi connectivity index (χ2v) is 10.4. The molecule has 7 heteroatoms. The molecule has 1 fully saturated rings. The molecule has 6 nitrogen and oxygen atoms in total. The van der Waals surface area contributed by atoms with E-state index in [9.17, 15) is 9.59 Å². The monoisotopic (exact) mass is 470 g/mol. The minimum atomic E-state index is -0.124. The Morgan fingerprint density at radius 1 is 1.06 bits per heavy atom. The molecule has 1 saturated carbocycles. The summed E-state index contributed by atoms with van der Waals surface area (Å²) in [5.74, 6) is 1.38. The van der Waals surface area contributed by atoms with Gasteiger partial charge in [0.15, 0.2) is 11.5 Å². The van der Waals surface area contributed by atoms with Gasteiger partial charge in [0.2, 0.25) is 18.6 Å². The van der Waals surface area contributed by atoms with E-state index in [-0.39, 0.29) is 37.1 Å². The van der Waals surface area contributed by atoms with Gasteiger partial charge in [0.1, 0.15) is 6.54 Å². The van der Waals surface area contributed by atoms with Gasteiger partial charge in [-0.3, -0.25) is 9.59 Å². The number of benzene rings is 1. The molecule has 2 amide bonds. The summed E-state index contributed by atoms with van der Waals surface area (Å²) < 4.78 is 11.0. The quantitative estimate of drug-likeness (QED) is 0.537. The van der Waals surface area contributed by atoms with Crippen molar-refractivity contribution in [3.63, 3.8) is 0 Å². The van der Waals surface area contributed by atoms with Gasteiger partial charge in [0.25, 0.3) is 0 Å². The van der Waals surface area contributed by atoms with E-state index in [4.69, 9.17) is 9.47 Å². The van der Waals surface area contributed by atoms with Crippen molar-refractivity contribution in [3.05, 3.63) is 45.6 Å². The van der Waals surface area contributed by atoms with Gasteiger partial charge in [0, 0.05) is 23.4 Å². The molecule has 1 aliphatic carbocycles. The predicted octanol–water partition coefficient (Wildman–Crippen LogP) is 5.13. The first kappa shape index (κ1) is 23.6. The Balaban J connectivity index is 1.55. The Kier molecular flexibility index (Phi) is 7.58. The summed E-state index contributed by atoms with van der Waals surface area (Å²) in [6.45, 7) is 7.27. The van der Waals surface area contributed by atoms with Gasteiger partial charge in [0.05, 0.1) is 6.54 Å². The molecule has 1 aliphatic heterocycles. The van der Waals surface area contributed by atoms with Crippen LogP contribution in [0.1, 0.15) is 62.0 Å². The summed E-state index contributed by atoms with van der Waals surface area (Å²) in [4.78, 5) is 31.7. The van der Waals surface area contributed by atoms with E-state index in [0.717, 1.165) is 37.0 Å². The highest BCUT2D eigenvalue weighted by molar-refractivity contribution is 7.10. The topological polar surface area (TPSA) is 59.1 Å². The zero-order valence-corrected chi connectivity index (χ0v) is 20.7. The third-order valence-electron chi connectivity index (χ3n) is 6.56. The highest BCUT2D eigenvalue weighted by Gasteiger charge is 2.30. The molecule has 1 aromatic heterocycles. The van der Waals surface area contributed by atoms with Gasteiger partial charge in [-0.05, 0) is 54.5 Å². The van der Waals surface area contributed by atoms with Gasteiger partial charge in [-0.25, -0.2) is 0 Å². The maximum Gasteiger partial charge on any atom is 0.242 e. The molecule has 0 saturated heterocycles. The number of ether oxygens (including phenoxy) is 2. The Morgan fingerprint density at radius 3 is 2.52 bits per heavy atom. The number of rotatable bonds is 8. The summed E-state index contributed by atoms with van der Waals surface area (Å²) in [7, 11) is 0. The van der Waals surface area contributed by atoms with E-state index in [1.54, 1.807) is 11.3 Å². The second-order valence-electron chi connectivity index (χ2n) is 9.38. The van der Waals surface area contributed by atoms with Crippen LogP contribution >= 0.6 is 11.3 Å². The Hall–Kier alpha value is -2.54. The molecule has 0 radical (unpaired) electrons. The van der Waals surface area contributed by atoms with Crippen LogP contribution in [0, 0.1) is 12.8 Å². The lowest BCUT2D eigenvalue weighted by Crippen LogP contribution is -2.49. The zero-order valence-electron chi connectivity index (χ0n) is 19.8. The van der Waals surface area contributed by atoms with E-state index < -0.39 is 0 Å². The molecular weight excluding hydrogens is 436 g/mol. The van der Waals surface area contributed by atoms with Crippen LogP contribution in [0.15, 0.2) is 29.6 Å². The fourth-order valence-electron chi connectivity index (χ4n) is 4.59. The van der Waals surface area contributed by atoms with Crippen molar-refractivity contribution < 1.29 is 19.1 Å². The van der Waals surface area contributed by atoms with Gasteiger partial charge in [-0.1, -0.05) is 39.2 Å². The molecule has 2 aromatic rings. The Labute approximate surface area is 200 Å². The molecule has 4 rings (SSSR count). The zero-order chi connectivity index (χ0) is 23.4.